The summed E-state index contributed by atoms with van der Waals surface area (Å²) in [5.74, 6) is -0.0974. The van der Waals surface area contributed by atoms with E-state index in [4.69, 9.17) is 4.74 Å². The first kappa shape index (κ1) is 27.5. The van der Waals surface area contributed by atoms with Crippen molar-refractivity contribution in [1.82, 2.24) is 5.32 Å². The summed E-state index contributed by atoms with van der Waals surface area (Å²) in [6.07, 6.45) is 3.12. The number of rotatable bonds is 14. The number of hydrogen-bond donors (Lipinski definition) is 1. The van der Waals surface area contributed by atoms with E-state index in [1.807, 2.05) is 82.3 Å². The fraction of sp³-hybridized carbons (Fsp3) is 0.483. The van der Waals surface area contributed by atoms with Gasteiger partial charge in [-0.15, -0.1) is 0 Å². The number of ether oxygens (including phenoxy) is 1. The van der Waals surface area contributed by atoms with E-state index in [1.54, 1.807) is 0 Å². The highest BCUT2D eigenvalue weighted by molar-refractivity contribution is 5.85. The van der Waals surface area contributed by atoms with Gasteiger partial charge < -0.3 is 10.1 Å². The largest absolute Gasteiger partial charge is 0.460 e. The molecular weight excluding hydrogens is 426 g/mol. The van der Waals surface area contributed by atoms with Gasteiger partial charge in [-0.25, -0.2) is 0 Å². The summed E-state index contributed by atoms with van der Waals surface area (Å²) in [6, 6.07) is 17.6. The van der Waals surface area contributed by atoms with Crippen molar-refractivity contribution in [2.75, 3.05) is 6.54 Å². The maximum atomic E-state index is 13.0. The molecule has 0 radical (unpaired) electrons. The maximum Gasteiger partial charge on any atom is 0.306 e. The minimum Gasteiger partial charge on any atom is -0.460 e. The summed E-state index contributed by atoms with van der Waals surface area (Å²) in [5, 5.41) is 3.23. The quantitative estimate of drug-likeness (QED) is 0.390. The molecule has 0 aliphatic heterocycles. The summed E-state index contributed by atoms with van der Waals surface area (Å²) in [6.45, 7) is 7.94. The van der Waals surface area contributed by atoms with E-state index in [1.165, 1.54) is 5.56 Å². The summed E-state index contributed by atoms with van der Waals surface area (Å²) in [5.41, 5.74) is 2.89. The predicted molar refractivity (Wildman–Crippen MR) is 136 cm³/mol. The van der Waals surface area contributed by atoms with E-state index in [2.05, 4.69) is 5.32 Å². The van der Waals surface area contributed by atoms with Gasteiger partial charge in [0.25, 0.3) is 0 Å². The van der Waals surface area contributed by atoms with E-state index < -0.39 is 11.6 Å². The lowest BCUT2D eigenvalue weighted by Gasteiger charge is -2.21. The van der Waals surface area contributed by atoms with Crippen LogP contribution in [0.1, 0.15) is 69.6 Å². The van der Waals surface area contributed by atoms with Crippen molar-refractivity contribution in [3.63, 3.8) is 0 Å². The Bertz CT molecular complexity index is 913. The number of aryl methyl sites for hydroxylation is 3. The molecule has 0 unspecified atom stereocenters. The van der Waals surface area contributed by atoms with Crippen LogP contribution in [0, 0.1) is 6.92 Å². The monoisotopic (exact) mass is 465 g/mol. The van der Waals surface area contributed by atoms with E-state index >= 15 is 0 Å². The van der Waals surface area contributed by atoms with Gasteiger partial charge in [-0.05, 0) is 58.1 Å². The highest BCUT2D eigenvalue weighted by Gasteiger charge is 2.22. The van der Waals surface area contributed by atoms with E-state index in [-0.39, 0.29) is 24.0 Å². The van der Waals surface area contributed by atoms with Crippen LogP contribution in [0.3, 0.4) is 0 Å². The molecule has 0 spiro atoms. The van der Waals surface area contributed by atoms with E-state index in [0.29, 0.717) is 38.6 Å². The first-order chi connectivity index (χ1) is 16.1. The second kappa shape index (κ2) is 13.8. The Balaban J connectivity index is 1.85. The Kier molecular flexibility index (Phi) is 11.1. The topological polar surface area (TPSA) is 72.5 Å². The van der Waals surface area contributed by atoms with Crippen LogP contribution in [0.5, 0.6) is 0 Å². The third kappa shape index (κ3) is 11.4. The summed E-state index contributed by atoms with van der Waals surface area (Å²) in [4.78, 5) is 37.5. The minimum atomic E-state index is -0.555. The average molecular weight is 466 g/mol. The van der Waals surface area contributed by atoms with Gasteiger partial charge in [-0.2, -0.15) is 0 Å². The number of esters is 1. The number of carbonyl (C=O) groups is 3. The zero-order chi connectivity index (χ0) is 25.0. The standard InChI is InChI=1S/C29H39NO4/c1-22-10-12-24(13-11-22)15-18-27(32)26(17-19-28(33)34-29(2,3)4)30-21-20-25(31)16-14-23-8-6-5-7-9-23/h5-13,26,30H,14-21H2,1-4H3/t26-/m1/s1. The van der Waals surface area contributed by atoms with Crippen molar-refractivity contribution in [3.8, 4) is 0 Å². The van der Waals surface area contributed by atoms with Crippen LogP contribution in [0.4, 0.5) is 0 Å². The molecule has 0 bridgehead atoms. The van der Waals surface area contributed by atoms with Gasteiger partial charge in [0.05, 0.1) is 6.04 Å². The van der Waals surface area contributed by atoms with Gasteiger partial charge in [0.1, 0.15) is 17.2 Å². The van der Waals surface area contributed by atoms with Gasteiger partial charge in [0.15, 0.2) is 0 Å². The Morgan fingerprint density at radius 3 is 2.09 bits per heavy atom. The second-order valence-corrected chi connectivity index (χ2v) is 9.86. The Morgan fingerprint density at radius 2 is 1.44 bits per heavy atom. The number of Topliss-reactive ketones (excluding diaryl/α,β-unsaturated/α-hetero) is 2. The molecule has 5 heteroatoms. The number of hydrogen-bond acceptors (Lipinski definition) is 5. The lowest BCUT2D eigenvalue weighted by Crippen LogP contribution is -2.39. The minimum absolute atomic E-state index is 0.0564. The summed E-state index contributed by atoms with van der Waals surface area (Å²) < 4.78 is 5.39. The first-order valence-electron chi connectivity index (χ1n) is 12.2. The molecule has 2 rings (SSSR count). The van der Waals surface area contributed by atoms with Crippen LogP contribution in [0.15, 0.2) is 54.6 Å². The third-order valence-electron chi connectivity index (χ3n) is 5.56. The van der Waals surface area contributed by atoms with Gasteiger partial charge in [0, 0.05) is 32.2 Å². The molecule has 5 nitrogen and oxygen atoms in total. The Morgan fingerprint density at radius 1 is 0.824 bits per heavy atom. The summed E-state index contributed by atoms with van der Waals surface area (Å²) in [7, 11) is 0. The molecule has 34 heavy (non-hydrogen) atoms. The summed E-state index contributed by atoms with van der Waals surface area (Å²) >= 11 is 0. The van der Waals surface area contributed by atoms with Crippen LogP contribution in [0.25, 0.3) is 0 Å². The zero-order valence-electron chi connectivity index (χ0n) is 21.1. The molecule has 0 amide bonds. The molecule has 0 saturated heterocycles. The van der Waals surface area contributed by atoms with Crippen molar-refractivity contribution in [3.05, 3.63) is 71.3 Å². The highest BCUT2D eigenvalue weighted by atomic mass is 16.6. The molecule has 0 heterocycles. The van der Waals surface area contributed by atoms with Crippen molar-refractivity contribution >= 4 is 17.5 Å². The predicted octanol–water partition coefficient (Wildman–Crippen LogP) is 5.17. The molecule has 2 aromatic rings. The number of ketones is 2. The van der Waals surface area contributed by atoms with Gasteiger partial charge >= 0.3 is 5.97 Å². The number of benzene rings is 2. The van der Waals surface area contributed by atoms with Gasteiger partial charge in [-0.3, -0.25) is 14.4 Å². The van der Waals surface area contributed by atoms with Crippen molar-refractivity contribution in [2.45, 2.75) is 84.3 Å². The van der Waals surface area contributed by atoms with Crippen LogP contribution < -0.4 is 5.32 Å². The van der Waals surface area contributed by atoms with Crippen LogP contribution in [-0.2, 0) is 32.0 Å². The first-order valence-corrected chi connectivity index (χ1v) is 12.2. The molecule has 0 fully saturated rings. The smallest absolute Gasteiger partial charge is 0.306 e. The number of carbonyl (C=O) groups excluding carboxylic acids is 3. The Labute approximate surface area is 204 Å². The molecule has 2 aromatic carbocycles. The zero-order valence-corrected chi connectivity index (χ0v) is 21.1. The van der Waals surface area contributed by atoms with Crippen LogP contribution in [0.2, 0.25) is 0 Å². The molecule has 1 N–H and O–H groups in total. The maximum absolute atomic E-state index is 13.0. The van der Waals surface area contributed by atoms with Crippen molar-refractivity contribution in [1.29, 1.82) is 0 Å². The normalized spacial score (nSPS) is 12.2. The van der Waals surface area contributed by atoms with Gasteiger partial charge in [0.2, 0.25) is 0 Å². The fourth-order valence-electron chi connectivity index (χ4n) is 3.67. The van der Waals surface area contributed by atoms with E-state index in [9.17, 15) is 14.4 Å². The molecule has 1 atom stereocenters. The van der Waals surface area contributed by atoms with E-state index in [0.717, 1.165) is 17.5 Å². The molecule has 0 aliphatic rings. The number of nitrogens with one attached hydrogen (secondary N) is 1. The highest BCUT2D eigenvalue weighted by Crippen LogP contribution is 2.13. The SMILES string of the molecule is Cc1ccc(CCC(=O)[C@@H](CCC(=O)OC(C)(C)C)NCCC(=O)CCc2ccccc2)cc1. The molecular formula is C29H39NO4. The molecule has 0 aromatic heterocycles. The molecule has 0 saturated carbocycles. The lowest BCUT2D eigenvalue weighted by atomic mass is 9.99. The third-order valence-corrected chi connectivity index (χ3v) is 5.56. The second-order valence-electron chi connectivity index (χ2n) is 9.86. The van der Waals surface area contributed by atoms with Gasteiger partial charge in [-0.1, -0.05) is 60.2 Å². The molecule has 0 aliphatic carbocycles. The van der Waals surface area contributed by atoms with Crippen LogP contribution >= 0.6 is 0 Å². The van der Waals surface area contributed by atoms with Crippen LogP contribution in [-0.4, -0.2) is 35.7 Å². The average Bonchev–Trinajstić information content (AvgIpc) is 2.79. The lowest BCUT2D eigenvalue weighted by molar-refractivity contribution is -0.155. The fourth-order valence-corrected chi connectivity index (χ4v) is 3.67. The van der Waals surface area contributed by atoms with Crippen molar-refractivity contribution < 1.29 is 19.1 Å². The Hall–Kier alpha value is -2.79. The van der Waals surface area contributed by atoms with Crippen molar-refractivity contribution in [2.24, 2.45) is 0 Å². The molecule has 184 valence electrons.